The smallest absolute Gasteiger partial charge is 0.178 e. The second-order valence-electron chi connectivity index (χ2n) is 9.20. The van der Waals surface area contributed by atoms with Gasteiger partial charge in [-0.25, -0.2) is 0 Å². The number of piperazine rings is 1. The van der Waals surface area contributed by atoms with Crippen molar-refractivity contribution in [3.63, 3.8) is 0 Å². The van der Waals surface area contributed by atoms with E-state index < -0.39 is 5.54 Å². The molecule has 2 atom stereocenters. The molecule has 5 rings (SSSR count). The van der Waals surface area contributed by atoms with Gasteiger partial charge >= 0.3 is 0 Å². The maximum Gasteiger partial charge on any atom is 0.178 e. The van der Waals surface area contributed by atoms with E-state index in [-0.39, 0.29) is 11.8 Å². The summed E-state index contributed by atoms with van der Waals surface area (Å²) in [4.78, 5) is 16.1. The highest BCUT2D eigenvalue weighted by Crippen LogP contribution is 2.41. The number of benzene rings is 3. The molecular formula is C29H33N3O2. The van der Waals surface area contributed by atoms with Crippen LogP contribution in [0.5, 0.6) is 5.75 Å². The summed E-state index contributed by atoms with van der Waals surface area (Å²) in [5.41, 5.74) is 3.69. The monoisotopic (exact) mass is 455 g/mol. The Balaban J connectivity index is 1.36. The van der Waals surface area contributed by atoms with Gasteiger partial charge in [-0.1, -0.05) is 54.6 Å². The molecule has 2 fully saturated rings. The Morgan fingerprint density at radius 3 is 2.18 bits per heavy atom. The van der Waals surface area contributed by atoms with Crippen molar-refractivity contribution < 1.29 is 9.53 Å². The minimum absolute atomic E-state index is 0.126. The summed E-state index contributed by atoms with van der Waals surface area (Å²) in [6.45, 7) is 4.01. The first-order valence-corrected chi connectivity index (χ1v) is 12.3. The van der Waals surface area contributed by atoms with Crippen molar-refractivity contribution >= 4 is 11.5 Å². The molecule has 0 amide bonds. The molecule has 2 aliphatic rings. The fraction of sp³-hybridized carbons (Fsp3) is 0.345. The molecule has 3 aromatic carbocycles. The van der Waals surface area contributed by atoms with Crippen LogP contribution in [0.3, 0.4) is 0 Å². The zero-order valence-corrected chi connectivity index (χ0v) is 19.8. The van der Waals surface area contributed by atoms with Crippen molar-refractivity contribution in [3.8, 4) is 5.75 Å². The normalized spacial score (nSPS) is 22.3. The molecule has 0 aliphatic carbocycles. The van der Waals surface area contributed by atoms with Gasteiger partial charge in [0.1, 0.15) is 11.3 Å². The van der Waals surface area contributed by atoms with Crippen molar-refractivity contribution in [2.45, 2.75) is 30.8 Å². The highest BCUT2D eigenvalue weighted by molar-refractivity contribution is 6.03. The summed E-state index contributed by atoms with van der Waals surface area (Å²) < 4.78 is 5.35. The summed E-state index contributed by atoms with van der Waals surface area (Å²) >= 11 is 0. The third kappa shape index (κ3) is 4.33. The summed E-state index contributed by atoms with van der Waals surface area (Å²) in [6.07, 6.45) is 2.81. The fourth-order valence-corrected chi connectivity index (χ4v) is 5.24. The lowest BCUT2D eigenvalue weighted by atomic mass is 9.69. The standard InChI is InChI=1S/C29H33N3O2/c1-34-26-16-12-24(13-17-26)29(23-10-14-25(15-11-23)32-20-18-30-19-21-32)28(33)27(31-29)9-5-8-22-6-3-2-4-7-22/h2-4,6-7,10-17,27,30-31H,5,8-9,18-21H2,1H3. The van der Waals surface area contributed by atoms with E-state index in [1.54, 1.807) is 7.11 Å². The van der Waals surface area contributed by atoms with E-state index >= 15 is 0 Å². The van der Waals surface area contributed by atoms with Crippen LogP contribution in [-0.2, 0) is 16.8 Å². The summed E-state index contributed by atoms with van der Waals surface area (Å²) in [6, 6.07) is 26.8. The summed E-state index contributed by atoms with van der Waals surface area (Å²) in [5.74, 6) is 1.04. The quantitative estimate of drug-likeness (QED) is 0.539. The lowest BCUT2D eigenvalue weighted by Crippen LogP contribution is -2.70. The van der Waals surface area contributed by atoms with Crippen molar-refractivity contribution in [2.24, 2.45) is 0 Å². The van der Waals surface area contributed by atoms with Gasteiger partial charge in [-0.2, -0.15) is 0 Å². The molecule has 0 radical (unpaired) electrons. The maximum atomic E-state index is 13.8. The van der Waals surface area contributed by atoms with E-state index in [4.69, 9.17) is 4.74 Å². The molecule has 0 saturated carbocycles. The molecular weight excluding hydrogens is 422 g/mol. The third-order valence-corrected chi connectivity index (χ3v) is 7.18. The van der Waals surface area contributed by atoms with Gasteiger partial charge in [-0.15, -0.1) is 0 Å². The molecule has 2 saturated heterocycles. The topological polar surface area (TPSA) is 53.6 Å². The van der Waals surface area contributed by atoms with Crippen LogP contribution in [0.15, 0.2) is 78.9 Å². The number of hydrogen-bond donors (Lipinski definition) is 2. The second-order valence-corrected chi connectivity index (χ2v) is 9.20. The molecule has 3 aromatic rings. The molecule has 5 heteroatoms. The van der Waals surface area contributed by atoms with Gasteiger partial charge in [0.2, 0.25) is 0 Å². The number of Topliss-reactive ketones (excluding diaryl/α,β-unsaturated/α-hetero) is 1. The van der Waals surface area contributed by atoms with E-state index in [1.807, 2.05) is 30.3 Å². The van der Waals surface area contributed by atoms with E-state index in [0.717, 1.165) is 62.3 Å². The van der Waals surface area contributed by atoms with Gasteiger partial charge in [-0.05, 0) is 60.2 Å². The van der Waals surface area contributed by atoms with Gasteiger partial charge in [0, 0.05) is 31.9 Å². The van der Waals surface area contributed by atoms with Gasteiger partial charge < -0.3 is 15.0 Å². The van der Waals surface area contributed by atoms with Crippen molar-refractivity contribution in [1.82, 2.24) is 10.6 Å². The Hall–Kier alpha value is -3.15. The Morgan fingerprint density at radius 1 is 0.912 bits per heavy atom. The van der Waals surface area contributed by atoms with Crippen LogP contribution >= 0.6 is 0 Å². The minimum Gasteiger partial charge on any atom is -0.497 e. The predicted octanol–water partition coefficient (Wildman–Crippen LogP) is 3.91. The number of ether oxygens (including phenoxy) is 1. The molecule has 2 aliphatic heterocycles. The molecule has 5 nitrogen and oxygen atoms in total. The lowest BCUT2D eigenvalue weighted by molar-refractivity contribution is -0.135. The first-order chi connectivity index (χ1) is 16.7. The number of aryl methyl sites for hydroxylation is 1. The molecule has 2 heterocycles. The Kier molecular flexibility index (Phi) is 6.66. The van der Waals surface area contributed by atoms with E-state index in [2.05, 4.69) is 64.1 Å². The van der Waals surface area contributed by atoms with Gasteiger partial charge in [0.25, 0.3) is 0 Å². The van der Waals surface area contributed by atoms with Gasteiger partial charge in [0.05, 0.1) is 13.2 Å². The van der Waals surface area contributed by atoms with E-state index in [1.165, 1.54) is 11.3 Å². The van der Waals surface area contributed by atoms with Crippen LogP contribution in [0.25, 0.3) is 0 Å². The van der Waals surface area contributed by atoms with Crippen LogP contribution < -0.4 is 20.3 Å². The minimum atomic E-state index is -0.800. The number of anilines is 1. The van der Waals surface area contributed by atoms with Gasteiger partial charge in [0.15, 0.2) is 5.78 Å². The number of carbonyl (C=O) groups excluding carboxylic acids is 1. The Morgan fingerprint density at radius 2 is 1.56 bits per heavy atom. The number of ketones is 1. The Bertz CT molecular complexity index is 1090. The average Bonchev–Trinajstić information content (AvgIpc) is 2.91. The molecule has 34 heavy (non-hydrogen) atoms. The molecule has 0 bridgehead atoms. The summed E-state index contributed by atoms with van der Waals surface area (Å²) in [7, 11) is 1.66. The van der Waals surface area contributed by atoms with Crippen molar-refractivity contribution in [2.75, 3.05) is 38.2 Å². The van der Waals surface area contributed by atoms with Crippen molar-refractivity contribution in [3.05, 3.63) is 95.6 Å². The molecule has 0 spiro atoms. The van der Waals surface area contributed by atoms with Crippen LogP contribution in [0.1, 0.15) is 29.5 Å². The maximum absolute atomic E-state index is 13.8. The number of hydrogen-bond acceptors (Lipinski definition) is 5. The Labute approximate surface area is 202 Å². The average molecular weight is 456 g/mol. The van der Waals surface area contributed by atoms with E-state index in [9.17, 15) is 4.79 Å². The SMILES string of the molecule is COc1ccc(C2(c3ccc(N4CCNCC4)cc3)NC(CCCc3ccccc3)C2=O)cc1. The summed E-state index contributed by atoms with van der Waals surface area (Å²) in [5, 5.41) is 7.08. The number of nitrogens with zero attached hydrogens (tertiary/aromatic N) is 1. The van der Waals surface area contributed by atoms with Gasteiger partial charge in [-0.3, -0.25) is 10.1 Å². The second kappa shape index (κ2) is 10.00. The zero-order chi connectivity index (χ0) is 23.4. The lowest BCUT2D eigenvalue weighted by Gasteiger charge is -2.48. The van der Waals surface area contributed by atoms with Crippen LogP contribution in [-0.4, -0.2) is 45.1 Å². The highest BCUT2D eigenvalue weighted by Gasteiger charge is 2.54. The largest absolute Gasteiger partial charge is 0.497 e. The van der Waals surface area contributed by atoms with Crippen LogP contribution in [0, 0.1) is 0 Å². The zero-order valence-electron chi connectivity index (χ0n) is 19.8. The third-order valence-electron chi connectivity index (χ3n) is 7.18. The first kappa shape index (κ1) is 22.6. The number of methoxy groups -OCH3 is 1. The predicted molar refractivity (Wildman–Crippen MR) is 137 cm³/mol. The molecule has 2 N–H and O–H groups in total. The van der Waals surface area contributed by atoms with Crippen LogP contribution in [0.2, 0.25) is 0 Å². The van der Waals surface area contributed by atoms with E-state index in [0.29, 0.717) is 0 Å². The van der Waals surface area contributed by atoms with Crippen molar-refractivity contribution in [1.29, 1.82) is 0 Å². The number of carbonyl (C=O) groups is 1. The molecule has 0 aromatic heterocycles. The first-order valence-electron chi connectivity index (χ1n) is 12.3. The number of nitrogens with one attached hydrogen (secondary N) is 2. The fourth-order valence-electron chi connectivity index (χ4n) is 5.24. The highest BCUT2D eigenvalue weighted by atomic mass is 16.5. The van der Waals surface area contributed by atoms with Crippen LogP contribution in [0.4, 0.5) is 5.69 Å². The molecule has 176 valence electrons. The molecule has 2 unspecified atom stereocenters. The number of rotatable bonds is 8.